The van der Waals surface area contributed by atoms with E-state index in [4.69, 9.17) is 5.73 Å². The minimum absolute atomic E-state index is 0.186. The van der Waals surface area contributed by atoms with Gasteiger partial charge in [0.2, 0.25) is 11.9 Å². The maximum atomic E-state index is 12.9. The van der Waals surface area contributed by atoms with Gasteiger partial charge in [-0.05, 0) is 23.3 Å². The van der Waals surface area contributed by atoms with Gasteiger partial charge in [0.1, 0.15) is 5.82 Å². The molecular formula is C14H14FN3O. The lowest BCUT2D eigenvalue weighted by Gasteiger charge is -2.08. The third kappa shape index (κ3) is 3.59. The highest BCUT2D eigenvalue weighted by Crippen LogP contribution is 2.10. The maximum Gasteiger partial charge on any atom is 0.229 e. The van der Waals surface area contributed by atoms with E-state index in [-0.39, 0.29) is 18.1 Å². The molecule has 0 aliphatic carbocycles. The fourth-order valence-corrected chi connectivity index (χ4v) is 1.77. The fourth-order valence-electron chi connectivity index (χ4n) is 1.77. The standard InChI is InChI=1S/C14H14FN3O/c15-12-6-3-7-13(17-12)18-14(19)8-10-4-1-2-5-11(10)9-16/h1-7H,8-9,16H2,(H,17,18,19). The number of carbonyl (C=O) groups is 1. The minimum atomic E-state index is -0.625. The van der Waals surface area contributed by atoms with Gasteiger partial charge in [-0.3, -0.25) is 4.79 Å². The Morgan fingerprint density at radius 2 is 1.89 bits per heavy atom. The molecule has 1 aromatic carbocycles. The number of nitrogens with one attached hydrogen (secondary N) is 1. The summed E-state index contributed by atoms with van der Waals surface area (Å²) in [6.45, 7) is 0.377. The van der Waals surface area contributed by atoms with Crippen LogP contribution in [0.5, 0.6) is 0 Å². The van der Waals surface area contributed by atoms with Gasteiger partial charge in [-0.15, -0.1) is 0 Å². The predicted molar refractivity (Wildman–Crippen MR) is 70.9 cm³/mol. The van der Waals surface area contributed by atoms with Crippen LogP contribution in [-0.4, -0.2) is 10.9 Å². The number of aromatic nitrogens is 1. The molecule has 0 aliphatic rings. The Morgan fingerprint density at radius 3 is 2.58 bits per heavy atom. The molecule has 0 saturated heterocycles. The van der Waals surface area contributed by atoms with E-state index >= 15 is 0 Å². The second-order valence-corrected chi connectivity index (χ2v) is 4.04. The van der Waals surface area contributed by atoms with E-state index < -0.39 is 5.95 Å². The third-order valence-corrected chi connectivity index (χ3v) is 2.67. The van der Waals surface area contributed by atoms with Crippen molar-refractivity contribution in [3.8, 4) is 0 Å². The smallest absolute Gasteiger partial charge is 0.229 e. The molecule has 0 bridgehead atoms. The highest BCUT2D eigenvalue weighted by molar-refractivity contribution is 5.91. The van der Waals surface area contributed by atoms with E-state index in [1.807, 2.05) is 24.3 Å². The van der Waals surface area contributed by atoms with Crippen LogP contribution in [0, 0.1) is 5.95 Å². The first-order valence-electron chi connectivity index (χ1n) is 5.88. The molecule has 2 aromatic rings. The summed E-state index contributed by atoms with van der Waals surface area (Å²) in [6.07, 6.45) is 0.186. The predicted octanol–water partition coefficient (Wildman–Crippen LogP) is 1.86. The quantitative estimate of drug-likeness (QED) is 0.823. The highest BCUT2D eigenvalue weighted by atomic mass is 19.1. The Morgan fingerprint density at radius 1 is 1.16 bits per heavy atom. The van der Waals surface area contributed by atoms with Gasteiger partial charge in [0.15, 0.2) is 0 Å². The van der Waals surface area contributed by atoms with Gasteiger partial charge >= 0.3 is 0 Å². The molecule has 1 aromatic heterocycles. The fraction of sp³-hybridized carbons (Fsp3) is 0.143. The zero-order valence-electron chi connectivity index (χ0n) is 10.3. The summed E-state index contributed by atoms with van der Waals surface area (Å²) >= 11 is 0. The number of nitrogens with two attached hydrogens (primary N) is 1. The normalized spacial score (nSPS) is 10.2. The lowest BCUT2D eigenvalue weighted by molar-refractivity contribution is -0.115. The average molecular weight is 259 g/mol. The molecule has 0 aliphatic heterocycles. The van der Waals surface area contributed by atoms with E-state index in [2.05, 4.69) is 10.3 Å². The summed E-state index contributed by atoms with van der Waals surface area (Å²) in [7, 11) is 0. The van der Waals surface area contributed by atoms with Crippen molar-refractivity contribution < 1.29 is 9.18 Å². The molecule has 2 rings (SSSR count). The molecule has 0 spiro atoms. The van der Waals surface area contributed by atoms with Crippen LogP contribution in [0.4, 0.5) is 10.2 Å². The van der Waals surface area contributed by atoms with Crippen LogP contribution in [-0.2, 0) is 17.8 Å². The van der Waals surface area contributed by atoms with Crippen LogP contribution in [0.3, 0.4) is 0 Å². The maximum absolute atomic E-state index is 12.9. The van der Waals surface area contributed by atoms with Gasteiger partial charge in [-0.2, -0.15) is 4.39 Å². The third-order valence-electron chi connectivity index (χ3n) is 2.67. The number of hydrogen-bond acceptors (Lipinski definition) is 3. The lowest BCUT2D eigenvalue weighted by atomic mass is 10.0. The largest absolute Gasteiger partial charge is 0.326 e. The first kappa shape index (κ1) is 13.2. The summed E-state index contributed by atoms with van der Waals surface area (Å²) < 4.78 is 12.9. The molecule has 0 saturated carbocycles. The number of hydrogen-bond donors (Lipinski definition) is 2. The van der Waals surface area contributed by atoms with Crippen LogP contribution in [0.2, 0.25) is 0 Å². The number of halogens is 1. The monoisotopic (exact) mass is 259 g/mol. The van der Waals surface area contributed by atoms with Crippen molar-refractivity contribution in [1.29, 1.82) is 0 Å². The first-order valence-corrected chi connectivity index (χ1v) is 5.88. The number of nitrogens with zero attached hydrogens (tertiary/aromatic N) is 1. The van der Waals surface area contributed by atoms with Crippen molar-refractivity contribution in [3.05, 3.63) is 59.5 Å². The van der Waals surface area contributed by atoms with Crippen molar-refractivity contribution in [2.24, 2.45) is 5.73 Å². The zero-order valence-corrected chi connectivity index (χ0v) is 10.3. The van der Waals surface area contributed by atoms with Crippen LogP contribution in [0.15, 0.2) is 42.5 Å². The summed E-state index contributed by atoms with van der Waals surface area (Å²) in [5.74, 6) is -0.672. The SMILES string of the molecule is NCc1ccccc1CC(=O)Nc1cccc(F)n1. The van der Waals surface area contributed by atoms with Gasteiger partial charge in [0.05, 0.1) is 6.42 Å². The Bertz CT molecular complexity index is 586. The number of pyridine rings is 1. The molecule has 3 N–H and O–H groups in total. The van der Waals surface area contributed by atoms with Crippen molar-refractivity contribution in [3.63, 3.8) is 0 Å². The summed E-state index contributed by atoms with van der Waals surface area (Å²) in [6, 6.07) is 11.7. The van der Waals surface area contributed by atoms with Crippen molar-refractivity contribution in [1.82, 2.24) is 4.98 Å². The average Bonchev–Trinajstić information content (AvgIpc) is 2.39. The Labute approximate surface area is 110 Å². The Balaban J connectivity index is 2.05. The van der Waals surface area contributed by atoms with E-state index in [1.54, 1.807) is 0 Å². The highest BCUT2D eigenvalue weighted by Gasteiger charge is 2.08. The second-order valence-electron chi connectivity index (χ2n) is 4.04. The molecule has 4 nitrogen and oxygen atoms in total. The second kappa shape index (κ2) is 6.06. The Kier molecular flexibility index (Phi) is 4.20. The molecule has 0 unspecified atom stereocenters. The molecule has 1 heterocycles. The number of anilines is 1. The van der Waals surface area contributed by atoms with Crippen LogP contribution < -0.4 is 11.1 Å². The topological polar surface area (TPSA) is 68.0 Å². The molecule has 98 valence electrons. The van der Waals surface area contributed by atoms with Crippen molar-refractivity contribution in [2.75, 3.05) is 5.32 Å². The number of rotatable bonds is 4. The van der Waals surface area contributed by atoms with Crippen molar-refractivity contribution in [2.45, 2.75) is 13.0 Å². The summed E-state index contributed by atoms with van der Waals surface area (Å²) in [4.78, 5) is 15.4. The lowest BCUT2D eigenvalue weighted by Crippen LogP contribution is -2.17. The number of amides is 1. The van der Waals surface area contributed by atoms with Gasteiger partial charge in [0, 0.05) is 6.54 Å². The van der Waals surface area contributed by atoms with Gasteiger partial charge in [-0.25, -0.2) is 4.98 Å². The first-order chi connectivity index (χ1) is 9.19. The van der Waals surface area contributed by atoms with E-state index in [9.17, 15) is 9.18 Å². The molecule has 1 amide bonds. The van der Waals surface area contributed by atoms with Gasteiger partial charge in [-0.1, -0.05) is 30.3 Å². The Hall–Kier alpha value is -2.27. The van der Waals surface area contributed by atoms with Gasteiger partial charge < -0.3 is 11.1 Å². The number of carbonyl (C=O) groups excluding carboxylic acids is 1. The molecule has 19 heavy (non-hydrogen) atoms. The summed E-state index contributed by atoms with van der Waals surface area (Å²) in [5, 5.41) is 2.55. The summed E-state index contributed by atoms with van der Waals surface area (Å²) in [5.41, 5.74) is 7.39. The number of benzene rings is 1. The zero-order chi connectivity index (χ0) is 13.7. The van der Waals surface area contributed by atoms with Crippen LogP contribution >= 0.6 is 0 Å². The van der Waals surface area contributed by atoms with Crippen molar-refractivity contribution >= 4 is 11.7 Å². The molecular weight excluding hydrogens is 245 g/mol. The van der Waals surface area contributed by atoms with Gasteiger partial charge in [0.25, 0.3) is 0 Å². The van der Waals surface area contributed by atoms with E-state index in [0.717, 1.165) is 11.1 Å². The van der Waals surface area contributed by atoms with Crippen LogP contribution in [0.1, 0.15) is 11.1 Å². The van der Waals surface area contributed by atoms with Crippen LogP contribution in [0.25, 0.3) is 0 Å². The van der Waals surface area contributed by atoms with E-state index in [1.165, 1.54) is 18.2 Å². The van der Waals surface area contributed by atoms with E-state index in [0.29, 0.717) is 6.54 Å². The molecule has 5 heteroatoms. The molecule has 0 atom stereocenters. The molecule has 0 radical (unpaired) electrons. The minimum Gasteiger partial charge on any atom is -0.326 e. The molecule has 0 fully saturated rings.